The Labute approximate surface area is 116 Å². The Kier molecular flexibility index (Phi) is 4.04. The van der Waals surface area contributed by atoms with Crippen molar-refractivity contribution in [1.82, 2.24) is 9.88 Å². The van der Waals surface area contributed by atoms with Crippen molar-refractivity contribution < 1.29 is 9.59 Å². The fraction of sp³-hybridized carbons (Fsp3) is 0.462. The Morgan fingerprint density at radius 2 is 2.21 bits per heavy atom. The molecule has 1 saturated heterocycles. The van der Waals surface area contributed by atoms with E-state index in [-0.39, 0.29) is 23.8 Å². The molecular formula is C13H16ClN3O2. The van der Waals surface area contributed by atoms with E-state index in [2.05, 4.69) is 4.98 Å². The van der Waals surface area contributed by atoms with Gasteiger partial charge in [-0.1, -0.05) is 11.6 Å². The third kappa shape index (κ3) is 2.87. The van der Waals surface area contributed by atoms with Crippen LogP contribution in [-0.2, 0) is 4.79 Å². The maximum Gasteiger partial charge on any atom is 0.255 e. The maximum absolute atomic E-state index is 12.5. The molecule has 102 valence electrons. The lowest BCUT2D eigenvalue weighted by Crippen LogP contribution is -2.48. The van der Waals surface area contributed by atoms with E-state index in [0.29, 0.717) is 17.1 Å². The van der Waals surface area contributed by atoms with Crippen LogP contribution in [0.3, 0.4) is 0 Å². The molecule has 0 spiro atoms. The Morgan fingerprint density at radius 3 is 2.84 bits per heavy atom. The van der Waals surface area contributed by atoms with E-state index in [9.17, 15) is 9.59 Å². The molecule has 2 atom stereocenters. The molecule has 0 aliphatic carbocycles. The first-order valence-corrected chi connectivity index (χ1v) is 6.58. The highest BCUT2D eigenvalue weighted by atomic mass is 35.5. The van der Waals surface area contributed by atoms with Gasteiger partial charge in [-0.05, 0) is 25.8 Å². The number of rotatable bonds is 2. The SMILES string of the molecule is CC1CCC(C(N)=O)CN1C(=O)c1ccncc1Cl. The van der Waals surface area contributed by atoms with Crippen LogP contribution in [0.15, 0.2) is 18.5 Å². The predicted molar refractivity (Wildman–Crippen MR) is 71.7 cm³/mol. The Hall–Kier alpha value is -1.62. The smallest absolute Gasteiger partial charge is 0.255 e. The summed E-state index contributed by atoms with van der Waals surface area (Å²) in [4.78, 5) is 29.3. The molecule has 0 aromatic carbocycles. The molecule has 0 saturated carbocycles. The lowest BCUT2D eigenvalue weighted by molar-refractivity contribution is -0.123. The highest BCUT2D eigenvalue weighted by Gasteiger charge is 2.32. The van der Waals surface area contributed by atoms with Crippen LogP contribution < -0.4 is 5.73 Å². The van der Waals surface area contributed by atoms with Gasteiger partial charge in [-0.15, -0.1) is 0 Å². The van der Waals surface area contributed by atoms with Gasteiger partial charge >= 0.3 is 0 Å². The van der Waals surface area contributed by atoms with Crippen molar-refractivity contribution in [1.29, 1.82) is 0 Å². The summed E-state index contributed by atoms with van der Waals surface area (Å²) in [5.41, 5.74) is 5.74. The summed E-state index contributed by atoms with van der Waals surface area (Å²) in [6, 6.07) is 1.66. The van der Waals surface area contributed by atoms with Crippen LogP contribution in [0, 0.1) is 5.92 Å². The second kappa shape index (κ2) is 5.57. The number of hydrogen-bond acceptors (Lipinski definition) is 3. The Morgan fingerprint density at radius 1 is 1.47 bits per heavy atom. The summed E-state index contributed by atoms with van der Waals surface area (Å²) in [5.74, 6) is -0.808. The van der Waals surface area contributed by atoms with Gasteiger partial charge in [-0.2, -0.15) is 0 Å². The zero-order valence-electron chi connectivity index (χ0n) is 10.7. The molecule has 2 amide bonds. The van der Waals surface area contributed by atoms with Gasteiger partial charge in [0.2, 0.25) is 5.91 Å². The number of nitrogens with two attached hydrogens (primary N) is 1. The van der Waals surface area contributed by atoms with Gasteiger partial charge in [0, 0.05) is 25.0 Å². The summed E-state index contributed by atoms with van der Waals surface area (Å²) in [5, 5.41) is 0.320. The monoisotopic (exact) mass is 281 g/mol. The molecule has 1 aliphatic rings. The van der Waals surface area contributed by atoms with Crippen LogP contribution in [0.5, 0.6) is 0 Å². The molecule has 1 fully saturated rings. The first-order valence-electron chi connectivity index (χ1n) is 6.20. The highest BCUT2D eigenvalue weighted by molar-refractivity contribution is 6.33. The van der Waals surface area contributed by atoms with E-state index in [1.54, 1.807) is 11.0 Å². The third-order valence-electron chi connectivity index (χ3n) is 3.55. The second-order valence-electron chi connectivity index (χ2n) is 4.84. The van der Waals surface area contributed by atoms with Gasteiger partial charge in [0.15, 0.2) is 0 Å². The fourth-order valence-electron chi connectivity index (χ4n) is 2.33. The molecule has 1 aliphatic heterocycles. The van der Waals surface area contributed by atoms with Gasteiger partial charge in [-0.25, -0.2) is 0 Å². The van der Waals surface area contributed by atoms with Crippen molar-refractivity contribution in [2.24, 2.45) is 11.7 Å². The molecule has 19 heavy (non-hydrogen) atoms. The van der Waals surface area contributed by atoms with E-state index in [1.807, 2.05) is 6.92 Å². The molecule has 1 aromatic heterocycles. The maximum atomic E-state index is 12.5. The summed E-state index contributed by atoms with van der Waals surface area (Å²) >= 11 is 5.98. The first-order chi connectivity index (χ1) is 9.00. The number of likely N-dealkylation sites (tertiary alicyclic amines) is 1. The van der Waals surface area contributed by atoms with Crippen LogP contribution in [0.4, 0.5) is 0 Å². The lowest BCUT2D eigenvalue weighted by atomic mass is 9.92. The molecule has 5 nitrogen and oxygen atoms in total. The average molecular weight is 282 g/mol. The molecule has 2 unspecified atom stereocenters. The number of aromatic nitrogens is 1. The normalized spacial score (nSPS) is 23.2. The van der Waals surface area contributed by atoms with Crippen LogP contribution >= 0.6 is 11.6 Å². The molecule has 0 radical (unpaired) electrons. The predicted octanol–water partition coefficient (Wildman–Crippen LogP) is 1.46. The molecular weight excluding hydrogens is 266 g/mol. The number of nitrogens with zero attached hydrogens (tertiary/aromatic N) is 2. The summed E-state index contributed by atoms with van der Waals surface area (Å²) in [6.45, 7) is 2.32. The zero-order valence-corrected chi connectivity index (χ0v) is 11.4. The van der Waals surface area contributed by atoms with E-state index in [4.69, 9.17) is 17.3 Å². The summed E-state index contributed by atoms with van der Waals surface area (Å²) in [7, 11) is 0. The number of hydrogen-bond donors (Lipinski definition) is 1. The number of pyridine rings is 1. The third-order valence-corrected chi connectivity index (χ3v) is 3.85. The minimum Gasteiger partial charge on any atom is -0.369 e. The number of piperidine rings is 1. The van der Waals surface area contributed by atoms with Crippen molar-refractivity contribution in [3.05, 3.63) is 29.0 Å². The second-order valence-corrected chi connectivity index (χ2v) is 5.25. The standard InChI is InChI=1S/C13H16ClN3O2/c1-8-2-3-9(12(15)18)7-17(8)13(19)10-4-5-16-6-11(10)14/h4-6,8-9H,2-3,7H2,1H3,(H2,15,18). The van der Waals surface area contributed by atoms with Crippen LogP contribution in [0.2, 0.25) is 5.02 Å². The lowest BCUT2D eigenvalue weighted by Gasteiger charge is -2.37. The van der Waals surface area contributed by atoms with Crippen molar-refractivity contribution in [2.45, 2.75) is 25.8 Å². The van der Waals surface area contributed by atoms with Crippen LogP contribution in [-0.4, -0.2) is 34.3 Å². The quantitative estimate of drug-likeness (QED) is 0.892. The number of carbonyl (C=O) groups excluding carboxylic acids is 2. The van der Waals surface area contributed by atoms with Gasteiger partial charge in [0.1, 0.15) is 0 Å². The molecule has 6 heteroatoms. The topological polar surface area (TPSA) is 76.3 Å². The minimum atomic E-state index is -0.356. The number of amides is 2. The van der Waals surface area contributed by atoms with E-state index >= 15 is 0 Å². The summed E-state index contributed by atoms with van der Waals surface area (Å²) < 4.78 is 0. The molecule has 2 N–H and O–H groups in total. The molecule has 1 aromatic rings. The zero-order chi connectivity index (χ0) is 14.0. The molecule has 2 rings (SSSR count). The van der Waals surface area contributed by atoms with Crippen molar-refractivity contribution in [3.63, 3.8) is 0 Å². The van der Waals surface area contributed by atoms with Gasteiger partial charge < -0.3 is 10.6 Å². The average Bonchev–Trinajstić information content (AvgIpc) is 2.38. The molecule has 0 bridgehead atoms. The number of carbonyl (C=O) groups is 2. The van der Waals surface area contributed by atoms with Gasteiger partial charge in [-0.3, -0.25) is 14.6 Å². The van der Waals surface area contributed by atoms with E-state index in [0.717, 1.165) is 12.8 Å². The molecule has 2 heterocycles. The highest BCUT2D eigenvalue weighted by Crippen LogP contribution is 2.25. The van der Waals surface area contributed by atoms with Crippen molar-refractivity contribution in [2.75, 3.05) is 6.54 Å². The van der Waals surface area contributed by atoms with Crippen LogP contribution in [0.1, 0.15) is 30.1 Å². The van der Waals surface area contributed by atoms with Crippen LogP contribution in [0.25, 0.3) is 0 Å². The Bertz CT molecular complexity index is 506. The van der Waals surface area contributed by atoms with E-state index in [1.165, 1.54) is 12.4 Å². The van der Waals surface area contributed by atoms with E-state index < -0.39 is 0 Å². The fourth-order valence-corrected chi connectivity index (χ4v) is 2.53. The minimum absolute atomic E-state index is 0.0762. The van der Waals surface area contributed by atoms with Crippen molar-refractivity contribution in [3.8, 4) is 0 Å². The van der Waals surface area contributed by atoms with Crippen molar-refractivity contribution >= 4 is 23.4 Å². The largest absolute Gasteiger partial charge is 0.369 e. The van der Waals surface area contributed by atoms with Gasteiger partial charge in [0.25, 0.3) is 5.91 Å². The first kappa shape index (κ1) is 13.8. The summed E-state index contributed by atoms with van der Waals surface area (Å²) in [6.07, 6.45) is 4.46. The Balaban J connectivity index is 2.22. The van der Waals surface area contributed by atoms with Gasteiger partial charge in [0.05, 0.1) is 16.5 Å². The number of primary amides is 1. The number of halogens is 1.